The maximum absolute atomic E-state index is 2.40. The fourth-order valence-corrected chi connectivity index (χ4v) is 11.2. The summed E-state index contributed by atoms with van der Waals surface area (Å²) in [5.74, 6) is 1.80. The lowest BCUT2D eigenvalue weighted by molar-refractivity contribution is 0.660. The molecule has 1 aliphatic heterocycles. The van der Waals surface area contributed by atoms with Crippen molar-refractivity contribution in [2.24, 2.45) is 0 Å². The van der Waals surface area contributed by atoms with E-state index in [-0.39, 0.29) is 5.41 Å². The normalized spacial score (nSPS) is 15.6. The maximum atomic E-state index is 2.40. The highest BCUT2D eigenvalue weighted by Crippen LogP contribution is 2.50. The van der Waals surface area contributed by atoms with Crippen LogP contribution in [-0.2, 0) is 5.41 Å². The second kappa shape index (κ2) is 16.1. The summed E-state index contributed by atoms with van der Waals surface area (Å²) in [6.07, 6.45) is 9.03. The Balaban J connectivity index is 0.885. The number of allylic oxidation sites excluding steroid dienone is 3. The molecular weight excluding hydrogens is 781 g/mol. The third kappa shape index (κ3) is 7.21. The van der Waals surface area contributed by atoms with Gasteiger partial charge in [0.1, 0.15) is 0 Å². The molecule has 1 heterocycles. The van der Waals surface area contributed by atoms with E-state index in [1.807, 2.05) is 11.8 Å². The predicted octanol–water partition coefficient (Wildman–Crippen LogP) is 17.0. The minimum atomic E-state index is 0.00375. The van der Waals surface area contributed by atoms with Crippen molar-refractivity contribution in [2.75, 3.05) is 15.6 Å². The molecule has 8 aromatic rings. The zero-order chi connectivity index (χ0) is 42.5. The fraction of sp³-hybridized carbons (Fsp3) is 0.133. The standard InChI is InChI=1S/C60H50N2S/c1-41-40-63-59-39-47(27-35-54(41)59)44-25-31-51(32-26-44)61(48-14-6-4-7-15-48)50-29-21-42(22-30-50)45-13-12-18-53(37-45)62(49-16-8-5-9-17-49)52-33-23-43(24-34-52)46-28-36-58-56(38-46)55-19-10-11-20-57(55)60(58,2)3/h4,6-8,10-39,41H,5,9,40H2,1-3H3. The minimum absolute atomic E-state index is 0.00375. The van der Waals surface area contributed by atoms with Crippen LogP contribution in [-0.4, -0.2) is 5.75 Å². The second-order valence-electron chi connectivity index (χ2n) is 17.7. The summed E-state index contributed by atoms with van der Waals surface area (Å²) in [5, 5.41) is 0. The Labute approximate surface area is 376 Å². The molecule has 0 N–H and O–H groups in total. The van der Waals surface area contributed by atoms with Gasteiger partial charge < -0.3 is 9.80 Å². The summed E-state index contributed by atoms with van der Waals surface area (Å²) in [7, 11) is 0. The molecule has 0 spiro atoms. The zero-order valence-electron chi connectivity index (χ0n) is 36.1. The lowest BCUT2D eigenvalue weighted by Gasteiger charge is -2.28. The van der Waals surface area contributed by atoms with Gasteiger partial charge in [-0.05, 0) is 159 Å². The van der Waals surface area contributed by atoms with Crippen LogP contribution in [0.5, 0.6) is 0 Å². The molecule has 0 amide bonds. The van der Waals surface area contributed by atoms with Gasteiger partial charge in [-0.25, -0.2) is 0 Å². The Kier molecular flexibility index (Phi) is 10.0. The molecule has 63 heavy (non-hydrogen) atoms. The topological polar surface area (TPSA) is 6.48 Å². The van der Waals surface area contributed by atoms with Crippen LogP contribution in [0.4, 0.5) is 28.4 Å². The molecule has 0 radical (unpaired) electrons. The lowest BCUT2D eigenvalue weighted by Crippen LogP contribution is -2.16. The summed E-state index contributed by atoms with van der Waals surface area (Å²) in [6.45, 7) is 7.01. The number of fused-ring (bicyclic) bond motifs is 4. The molecule has 1 unspecified atom stereocenters. The SMILES string of the molecule is CC1CSc2cc(-c3ccc(N(c4ccccc4)c4ccc(-c5cccc(N(C6=CCCC=C6)c6ccc(-c7ccc8c(c7)-c7ccccc7C8(C)C)cc6)c5)cc4)cc3)ccc21. The number of nitrogens with zero attached hydrogens (tertiary/aromatic N) is 2. The monoisotopic (exact) mass is 830 g/mol. The second-order valence-corrected chi connectivity index (χ2v) is 18.8. The van der Waals surface area contributed by atoms with E-state index >= 15 is 0 Å². The van der Waals surface area contributed by atoms with Crippen LogP contribution in [0.2, 0.25) is 0 Å². The molecule has 3 heteroatoms. The third-order valence-corrected chi connectivity index (χ3v) is 14.7. The molecule has 2 nitrogen and oxygen atoms in total. The molecule has 3 aliphatic rings. The maximum Gasteiger partial charge on any atom is 0.0467 e. The van der Waals surface area contributed by atoms with E-state index in [4.69, 9.17) is 0 Å². The van der Waals surface area contributed by atoms with E-state index in [1.54, 1.807) is 0 Å². The van der Waals surface area contributed by atoms with E-state index in [0.29, 0.717) is 5.92 Å². The summed E-state index contributed by atoms with van der Waals surface area (Å²) in [6, 6.07) is 69.7. The Bertz CT molecular complexity index is 3030. The van der Waals surface area contributed by atoms with E-state index in [0.717, 1.165) is 41.3 Å². The van der Waals surface area contributed by atoms with Crippen LogP contribution in [0.25, 0.3) is 44.5 Å². The number of rotatable bonds is 9. The average molecular weight is 831 g/mol. The lowest BCUT2D eigenvalue weighted by atomic mass is 9.82. The summed E-state index contributed by atoms with van der Waals surface area (Å²) < 4.78 is 0. The molecule has 0 saturated heterocycles. The van der Waals surface area contributed by atoms with Crippen molar-refractivity contribution >= 4 is 40.2 Å². The highest BCUT2D eigenvalue weighted by atomic mass is 32.2. The Hall–Kier alpha value is -6.81. The first-order chi connectivity index (χ1) is 30.9. The molecule has 1 atom stereocenters. The van der Waals surface area contributed by atoms with Crippen LogP contribution < -0.4 is 9.80 Å². The number of benzene rings is 8. The van der Waals surface area contributed by atoms with Crippen molar-refractivity contribution in [3.8, 4) is 44.5 Å². The Morgan fingerprint density at radius 1 is 0.460 bits per heavy atom. The quantitative estimate of drug-likeness (QED) is 0.143. The van der Waals surface area contributed by atoms with Crippen molar-refractivity contribution in [1.29, 1.82) is 0 Å². The molecule has 306 valence electrons. The van der Waals surface area contributed by atoms with E-state index < -0.39 is 0 Å². The highest BCUT2D eigenvalue weighted by Gasteiger charge is 2.35. The molecule has 8 aromatic carbocycles. The average Bonchev–Trinajstić information content (AvgIpc) is 3.82. The van der Waals surface area contributed by atoms with Gasteiger partial charge in [-0.2, -0.15) is 0 Å². The summed E-state index contributed by atoms with van der Waals surface area (Å²) in [4.78, 5) is 6.18. The van der Waals surface area contributed by atoms with Gasteiger partial charge >= 0.3 is 0 Å². The number of anilines is 5. The van der Waals surface area contributed by atoms with Gasteiger partial charge in [-0.15, -0.1) is 11.8 Å². The molecule has 2 aliphatic carbocycles. The Morgan fingerprint density at radius 3 is 1.70 bits per heavy atom. The molecule has 0 saturated carbocycles. The van der Waals surface area contributed by atoms with Gasteiger partial charge in [0.25, 0.3) is 0 Å². The summed E-state index contributed by atoms with van der Waals surface area (Å²) >= 11 is 1.98. The van der Waals surface area contributed by atoms with Crippen LogP contribution in [0.1, 0.15) is 56.2 Å². The first-order valence-corrected chi connectivity index (χ1v) is 23.3. The van der Waals surface area contributed by atoms with Crippen LogP contribution >= 0.6 is 11.8 Å². The number of hydrogen-bond acceptors (Lipinski definition) is 3. The smallest absolute Gasteiger partial charge is 0.0467 e. The van der Waals surface area contributed by atoms with Gasteiger partial charge in [-0.1, -0.05) is 148 Å². The van der Waals surface area contributed by atoms with Gasteiger partial charge in [0.2, 0.25) is 0 Å². The van der Waals surface area contributed by atoms with Gasteiger partial charge in [0.05, 0.1) is 0 Å². The van der Waals surface area contributed by atoms with Crippen LogP contribution in [0.3, 0.4) is 0 Å². The van der Waals surface area contributed by atoms with Crippen molar-refractivity contribution in [3.63, 3.8) is 0 Å². The fourth-order valence-electron chi connectivity index (χ4n) is 9.92. The third-order valence-electron chi connectivity index (χ3n) is 13.3. The van der Waals surface area contributed by atoms with E-state index in [2.05, 4.69) is 237 Å². The largest absolute Gasteiger partial charge is 0.311 e. The number of thioether (sulfide) groups is 1. The van der Waals surface area contributed by atoms with Crippen molar-refractivity contribution in [2.45, 2.75) is 49.8 Å². The van der Waals surface area contributed by atoms with Crippen molar-refractivity contribution in [3.05, 3.63) is 229 Å². The highest BCUT2D eigenvalue weighted by molar-refractivity contribution is 7.99. The first kappa shape index (κ1) is 39.1. The van der Waals surface area contributed by atoms with E-state index in [1.165, 1.54) is 77.5 Å². The molecule has 11 rings (SSSR count). The number of hydrogen-bond donors (Lipinski definition) is 0. The molecular formula is C60H50N2S. The van der Waals surface area contributed by atoms with Gasteiger partial charge in [0, 0.05) is 50.2 Å². The first-order valence-electron chi connectivity index (χ1n) is 22.3. The predicted molar refractivity (Wildman–Crippen MR) is 269 cm³/mol. The molecule has 0 bridgehead atoms. The van der Waals surface area contributed by atoms with Gasteiger partial charge in [0.15, 0.2) is 0 Å². The van der Waals surface area contributed by atoms with E-state index in [9.17, 15) is 0 Å². The van der Waals surface area contributed by atoms with Gasteiger partial charge in [-0.3, -0.25) is 0 Å². The molecule has 0 aromatic heterocycles. The van der Waals surface area contributed by atoms with Crippen molar-refractivity contribution < 1.29 is 0 Å². The molecule has 0 fully saturated rings. The van der Waals surface area contributed by atoms with Crippen LogP contribution in [0.15, 0.2) is 217 Å². The minimum Gasteiger partial charge on any atom is -0.311 e. The number of para-hydroxylation sites is 1. The van der Waals surface area contributed by atoms with Crippen LogP contribution in [0, 0.1) is 0 Å². The Morgan fingerprint density at radius 2 is 1.02 bits per heavy atom. The van der Waals surface area contributed by atoms with Crippen molar-refractivity contribution in [1.82, 2.24) is 0 Å². The summed E-state index contributed by atoms with van der Waals surface area (Å²) in [5.41, 5.74) is 21.2. The zero-order valence-corrected chi connectivity index (χ0v) is 36.9.